The zero-order valence-corrected chi connectivity index (χ0v) is 19.8. The minimum atomic E-state index is -0.617. The van der Waals surface area contributed by atoms with Gasteiger partial charge in [-0.3, -0.25) is 9.59 Å². The second-order valence-electron chi connectivity index (χ2n) is 8.04. The number of anilines is 1. The van der Waals surface area contributed by atoms with Gasteiger partial charge in [0, 0.05) is 12.6 Å². The second-order valence-corrected chi connectivity index (χ2v) is 9.07. The van der Waals surface area contributed by atoms with Gasteiger partial charge in [0.15, 0.2) is 5.13 Å². The van der Waals surface area contributed by atoms with E-state index in [1.807, 2.05) is 60.7 Å². The molecular formula is C26H23N3O4S. The molecule has 172 valence electrons. The summed E-state index contributed by atoms with van der Waals surface area (Å²) in [5.41, 5.74) is 2.86. The molecule has 0 saturated heterocycles. The van der Waals surface area contributed by atoms with E-state index in [0.717, 1.165) is 21.5 Å². The number of ether oxygens (including phenoxy) is 2. The molecule has 5 rings (SSSR count). The summed E-state index contributed by atoms with van der Waals surface area (Å²) in [4.78, 5) is 33.1. The van der Waals surface area contributed by atoms with Crippen molar-refractivity contribution in [3.05, 3.63) is 83.4 Å². The van der Waals surface area contributed by atoms with Gasteiger partial charge >= 0.3 is 0 Å². The molecule has 0 aliphatic carbocycles. The molecule has 0 unspecified atom stereocenters. The zero-order chi connectivity index (χ0) is 23.8. The second kappa shape index (κ2) is 8.79. The monoisotopic (exact) mass is 473 g/mol. The van der Waals surface area contributed by atoms with E-state index in [0.29, 0.717) is 22.0 Å². The standard InChI is InChI=1S/C26H23N3O4S/c1-29-23(15-8-10-16(32-2)11-9-15)22(18-6-4-5-7-19(18)25(29)31)24(30)28-26-27-20-13-12-17(33-3)14-21(20)34-26/h4-14,22-23H,1-3H3,(H,27,28,30)/t22-,23+/m0/s1. The maximum absolute atomic E-state index is 13.8. The number of rotatable bonds is 5. The van der Waals surface area contributed by atoms with Gasteiger partial charge in [0.1, 0.15) is 11.5 Å². The lowest BCUT2D eigenvalue weighted by molar-refractivity contribution is -0.119. The lowest BCUT2D eigenvalue weighted by Crippen LogP contribution is -2.44. The number of methoxy groups -OCH3 is 2. The lowest BCUT2D eigenvalue weighted by atomic mass is 9.79. The fourth-order valence-corrected chi connectivity index (χ4v) is 5.34. The van der Waals surface area contributed by atoms with Crippen LogP contribution in [0.5, 0.6) is 11.5 Å². The molecule has 1 N–H and O–H groups in total. The van der Waals surface area contributed by atoms with E-state index in [1.165, 1.54) is 11.3 Å². The van der Waals surface area contributed by atoms with Crippen molar-refractivity contribution < 1.29 is 19.1 Å². The molecule has 34 heavy (non-hydrogen) atoms. The number of aromatic nitrogens is 1. The van der Waals surface area contributed by atoms with E-state index in [1.54, 1.807) is 32.2 Å². The van der Waals surface area contributed by atoms with Crippen LogP contribution in [0.4, 0.5) is 5.13 Å². The number of hydrogen-bond donors (Lipinski definition) is 1. The minimum Gasteiger partial charge on any atom is -0.497 e. The molecule has 0 saturated carbocycles. The highest BCUT2D eigenvalue weighted by Crippen LogP contribution is 2.43. The largest absolute Gasteiger partial charge is 0.497 e. The van der Waals surface area contributed by atoms with Crippen molar-refractivity contribution in [1.82, 2.24) is 9.88 Å². The Morgan fingerprint density at radius 1 is 1.00 bits per heavy atom. The van der Waals surface area contributed by atoms with Gasteiger partial charge in [-0.05, 0) is 47.5 Å². The molecule has 0 radical (unpaired) electrons. The average Bonchev–Trinajstić information content (AvgIpc) is 3.27. The molecule has 0 spiro atoms. The van der Waals surface area contributed by atoms with Crippen molar-refractivity contribution in [3.8, 4) is 11.5 Å². The van der Waals surface area contributed by atoms with E-state index in [-0.39, 0.29) is 11.8 Å². The Kier molecular flexibility index (Phi) is 5.67. The predicted molar refractivity (Wildman–Crippen MR) is 132 cm³/mol. The smallest absolute Gasteiger partial charge is 0.254 e. The Balaban J connectivity index is 1.55. The molecule has 0 bridgehead atoms. The Labute approximate surface area is 200 Å². The van der Waals surface area contributed by atoms with Crippen LogP contribution in [0.3, 0.4) is 0 Å². The molecule has 3 aromatic carbocycles. The number of fused-ring (bicyclic) bond motifs is 2. The predicted octanol–water partition coefficient (Wildman–Crippen LogP) is 4.86. The summed E-state index contributed by atoms with van der Waals surface area (Å²) in [6.45, 7) is 0. The SMILES string of the molecule is COc1ccc([C@@H]2[C@@H](C(=O)Nc3nc4ccc(OC)cc4s3)c3ccccc3C(=O)N2C)cc1. The molecule has 0 fully saturated rings. The minimum absolute atomic E-state index is 0.118. The van der Waals surface area contributed by atoms with Gasteiger partial charge in [-0.1, -0.05) is 41.7 Å². The molecule has 1 aromatic heterocycles. The Bertz CT molecular complexity index is 1380. The summed E-state index contributed by atoms with van der Waals surface area (Å²) < 4.78 is 11.5. The first-order chi connectivity index (χ1) is 16.5. The topological polar surface area (TPSA) is 80.8 Å². The van der Waals surface area contributed by atoms with Crippen LogP contribution in [0.25, 0.3) is 10.2 Å². The van der Waals surface area contributed by atoms with Crippen LogP contribution in [-0.2, 0) is 4.79 Å². The number of thiazole rings is 1. The van der Waals surface area contributed by atoms with Crippen LogP contribution >= 0.6 is 11.3 Å². The summed E-state index contributed by atoms with van der Waals surface area (Å²) in [6, 6.07) is 19.9. The van der Waals surface area contributed by atoms with Gasteiger partial charge in [-0.25, -0.2) is 4.98 Å². The zero-order valence-electron chi connectivity index (χ0n) is 18.9. The van der Waals surface area contributed by atoms with Crippen LogP contribution in [0.1, 0.15) is 33.4 Å². The number of nitrogens with zero attached hydrogens (tertiary/aromatic N) is 2. The highest BCUT2D eigenvalue weighted by Gasteiger charge is 2.42. The summed E-state index contributed by atoms with van der Waals surface area (Å²) in [5.74, 6) is 0.481. The third kappa shape index (κ3) is 3.76. The Morgan fingerprint density at radius 3 is 2.44 bits per heavy atom. The van der Waals surface area contributed by atoms with E-state index < -0.39 is 12.0 Å². The maximum atomic E-state index is 13.8. The summed E-state index contributed by atoms with van der Waals surface area (Å²) in [6.07, 6.45) is 0. The lowest BCUT2D eigenvalue weighted by Gasteiger charge is -2.39. The van der Waals surface area contributed by atoms with Crippen LogP contribution in [0.2, 0.25) is 0 Å². The highest BCUT2D eigenvalue weighted by molar-refractivity contribution is 7.22. The molecule has 4 aromatic rings. The molecule has 1 aliphatic heterocycles. The number of amides is 2. The van der Waals surface area contributed by atoms with E-state index >= 15 is 0 Å². The quantitative estimate of drug-likeness (QED) is 0.448. The van der Waals surface area contributed by atoms with Gasteiger partial charge < -0.3 is 19.7 Å². The van der Waals surface area contributed by atoms with Crippen LogP contribution in [-0.4, -0.2) is 43.0 Å². The highest BCUT2D eigenvalue weighted by atomic mass is 32.1. The van der Waals surface area contributed by atoms with Gasteiger partial charge in [0.2, 0.25) is 5.91 Å². The Hall–Kier alpha value is -3.91. The summed E-state index contributed by atoms with van der Waals surface area (Å²) >= 11 is 1.38. The maximum Gasteiger partial charge on any atom is 0.254 e. The van der Waals surface area contributed by atoms with Gasteiger partial charge in [-0.2, -0.15) is 0 Å². The Morgan fingerprint density at radius 2 is 1.71 bits per heavy atom. The molecule has 2 amide bonds. The number of hydrogen-bond acceptors (Lipinski definition) is 6. The molecular weight excluding hydrogens is 450 g/mol. The third-order valence-electron chi connectivity index (χ3n) is 6.15. The summed E-state index contributed by atoms with van der Waals surface area (Å²) in [5, 5.41) is 3.50. The van der Waals surface area contributed by atoms with Crippen LogP contribution in [0, 0.1) is 0 Å². The number of benzene rings is 3. The van der Waals surface area contributed by atoms with Crippen molar-refractivity contribution in [2.24, 2.45) is 0 Å². The average molecular weight is 474 g/mol. The fraction of sp³-hybridized carbons (Fsp3) is 0.192. The number of nitrogens with one attached hydrogen (secondary N) is 1. The first kappa shape index (κ1) is 21.9. The first-order valence-electron chi connectivity index (χ1n) is 10.8. The fourth-order valence-electron chi connectivity index (χ4n) is 4.44. The van der Waals surface area contributed by atoms with Crippen molar-refractivity contribution in [1.29, 1.82) is 0 Å². The third-order valence-corrected chi connectivity index (χ3v) is 7.08. The molecule has 1 aliphatic rings. The van der Waals surface area contributed by atoms with Gasteiger partial charge in [0.05, 0.1) is 36.4 Å². The summed E-state index contributed by atoms with van der Waals surface area (Å²) in [7, 11) is 4.95. The molecule has 2 heterocycles. The van der Waals surface area contributed by atoms with E-state index in [9.17, 15) is 9.59 Å². The number of carbonyl (C=O) groups is 2. The van der Waals surface area contributed by atoms with E-state index in [2.05, 4.69) is 10.3 Å². The van der Waals surface area contributed by atoms with Crippen LogP contribution < -0.4 is 14.8 Å². The van der Waals surface area contributed by atoms with Crippen LogP contribution in [0.15, 0.2) is 66.7 Å². The van der Waals surface area contributed by atoms with Crippen molar-refractivity contribution in [2.45, 2.75) is 12.0 Å². The van der Waals surface area contributed by atoms with Crippen molar-refractivity contribution in [3.63, 3.8) is 0 Å². The van der Waals surface area contributed by atoms with Gasteiger partial charge in [0.25, 0.3) is 5.91 Å². The molecule has 2 atom stereocenters. The normalized spacial score (nSPS) is 17.4. The molecule has 7 nitrogen and oxygen atoms in total. The van der Waals surface area contributed by atoms with E-state index in [4.69, 9.17) is 9.47 Å². The van der Waals surface area contributed by atoms with Crippen molar-refractivity contribution >= 4 is 38.5 Å². The number of likely N-dealkylation sites (N-methyl/N-ethyl adjacent to an activating group) is 1. The van der Waals surface area contributed by atoms with Gasteiger partial charge in [-0.15, -0.1) is 0 Å². The first-order valence-corrected chi connectivity index (χ1v) is 11.6. The number of carbonyl (C=O) groups excluding carboxylic acids is 2. The van der Waals surface area contributed by atoms with Crippen molar-refractivity contribution in [2.75, 3.05) is 26.6 Å². The molecule has 8 heteroatoms.